The van der Waals surface area contributed by atoms with Crippen LogP contribution in [0.5, 0.6) is 0 Å². The van der Waals surface area contributed by atoms with Crippen molar-refractivity contribution < 1.29 is 28.2 Å². The van der Waals surface area contributed by atoms with Crippen LogP contribution in [0, 0.1) is 0 Å². The van der Waals surface area contributed by atoms with Gasteiger partial charge in [-0.25, -0.2) is 0 Å². The number of aliphatic hydroxyl groups excluding tert-OH is 1. The van der Waals surface area contributed by atoms with E-state index in [9.17, 15) is 5.11 Å². The number of ether oxygens (including phenoxy) is 3. The van der Waals surface area contributed by atoms with Crippen molar-refractivity contribution in [2.45, 2.75) is 109 Å². The summed E-state index contributed by atoms with van der Waals surface area (Å²) in [6, 6.07) is 0. The van der Waals surface area contributed by atoms with Gasteiger partial charge in [0.05, 0.1) is 6.61 Å². The Hall–Kier alpha value is 0.194. The minimum atomic E-state index is -2.11. The highest BCUT2D eigenvalue weighted by molar-refractivity contribution is 6.74. The molecule has 0 unspecified atom stereocenters. The van der Waals surface area contributed by atoms with Crippen molar-refractivity contribution in [2.24, 2.45) is 0 Å². The molecule has 168 valence electrons. The van der Waals surface area contributed by atoms with Gasteiger partial charge in [-0.05, 0) is 36.3 Å². The van der Waals surface area contributed by atoms with Crippen molar-refractivity contribution in [3.05, 3.63) is 0 Å². The Labute approximate surface area is 174 Å². The van der Waals surface area contributed by atoms with Crippen LogP contribution < -0.4 is 0 Å². The quantitative estimate of drug-likeness (QED) is 0.577. The van der Waals surface area contributed by atoms with Crippen molar-refractivity contribution in [1.82, 2.24) is 0 Å². The van der Waals surface area contributed by atoms with Gasteiger partial charge in [0.2, 0.25) is 0 Å². The summed E-state index contributed by atoms with van der Waals surface area (Å²) in [5.74, 6) is 0. The van der Waals surface area contributed by atoms with Crippen LogP contribution in [0.2, 0.25) is 36.3 Å². The molecule has 1 N–H and O–H groups in total. The van der Waals surface area contributed by atoms with Crippen LogP contribution in [0.4, 0.5) is 0 Å². The lowest BCUT2D eigenvalue weighted by molar-refractivity contribution is -0.158. The third-order valence-electron chi connectivity index (χ3n) is 6.82. The number of rotatable bonds is 8. The molecule has 0 saturated carbocycles. The molecule has 5 atom stereocenters. The van der Waals surface area contributed by atoms with E-state index in [0.717, 1.165) is 0 Å². The Morgan fingerprint density at radius 2 is 1.39 bits per heavy atom. The molecule has 8 heteroatoms. The van der Waals surface area contributed by atoms with E-state index in [-0.39, 0.29) is 16.2 Å². The van der Waals surface area contributed by atoms with Crippen LogP contribution in [0.1, 0.15) is 41.5 Å². The third-order valence-corrected chi connectivity index (χ3v) is 15.8. The summed E-state index contributed by atoms with van der Waals surface area (Å²) in [6.07, 6.45) is -2.81. The molecule has 0 bridgehead atoms. The van der Waals surface area contributed by atoms with Gasteiger partial charge in [0.25, 0.3) is 0 Å². The van der Waals surface area contributed by atoms with E-state index in [1.165, 1.54) is 0 Å². The number of hydrogen-bond donors (Lipinski definition) is 1. The lowest BCUT2D eigenvalue weighted by Crippen LogP contribution is -2.53. The van der Waals surface area contributed by atoms with Crippen LogP contribution in [0.25, 0.3) is 0 Å². The summed E-state index contributed by atoms with van der Waals surface area (Å²) >= 11 is 0. The largest absolute Gasteiger partial charge is 0.414 e. The Bertz CT molecular complexity index is 498. The molecule has 0 amide bonds. The molecule has 1 heterocycles. The van der Waals surface area contributed by atoms with Gasteiger partial charge in [-0.1, -0.05) is 41.5 Å². The molecule has 28 heavy (non-hydrogen) atoms. The van der Waals surface area contributed by atoms with Crippen LogP contribution >= 0.6 is 0 Å². The molecule has 0 spiro atoms. The van der Waals surface area contributed by atoms with Gasteiger partial charge >= 0.3 is 0 Å². The van der Waals surface area contributed by atoms with Crippen LogP contribution in [0.15, 0.2) is 0 Å². The Kier molecular flexibility index (Phi) is 8.56. The summed E-state index contributed by atoms with van der Waals surface area (Å²) in [6.45, 7) is 22.4. The molecule has 0 aliphatic carbocycles. The molecule has 0 aromatic heterocycles. The van der Waals surface area contributed by atoms with Crippen molar-refractivity contribution in [1.29, 1.82) is 0 Å². The summed E-state index contributed by atoms with van der Waals surface area (Å²) in [4.78, 5) is 0. The van der Waals surface area contributed by atoms with E-state index < -0.39 is 41.2 Å². The minimum Gasteiger partial charge on any atom is -0.414 e. The average molecular weight is 437 g/mol. The molecule has 1 aliphatic heterocycles. The standard InChI is InChI=1S/C20H44O6Si2/c1-19(2,3)27(9,10)24-13-14(22-7)15-16(17(23-8)18(21)25-15)26-28(11,12)20(4,5)6/h14-18,21H,13H2,1-12H3/t14-,15+,16+,17-,18+/m1/s1. The van der Waals surface area contributed by atoms with Gasteiger partial charge in [-0.2, -0.15) is 0 Å². The van der Waals surface area contributed by atoms with E-state index in [1.54, 1.807) is 14.2 Å². The molecule has 0 aromatic rings. The zero-order chi connectivity index (χ0) is 22.1. The van der Waals surface area contributed by atoms with Gasteiger partial charge in [0.1, 0.15) is 24.4 Å². The molecular weight excluding hydrogens is 392 g/mol. The van der Waals surface area contributed by atoms with Gasteiger partial charge < -0.3 is 28.2 Å². The topological polar surface area (TPSA) is 66.4 Å². The maximum Gasteiger partial charge on any atom is 0.192 e. The zero-order valence-corrected chi connectivity index (χ0v) is 22.1. The predicted octanol–water partition coefficient (Wildman–Crippen LogP) is 4.15. The SMILES string of the molecule is CO[C@@H]1[C@@H](O[Si](C)(C)C(C)(C)C)[C@H]([C@@H](CO[Si](C)(C)C(C)(C)C)OC)O[C@@H]1O. The Morgan fingerprint density at radius 3 is 1.79 bits per heavy atom. The van der Waals surface area contributed by atoms with Crippen LogP contribution in [-0.4, -0.2) is 73.3 Å². The van der Waals surface area contributed by atoms with E-state index in [4.69, 9.17) is 23.1 Å². The molecule has 6 nitrogen and oxygen atoms in total. The lowest BCUT2D eigenvalue weighted by Gasteiger charge is -2.42. The van der Waals surface area contributed by atoms with Gasteiger partial charge in [-0.3, -0.25) is 0 Å². The van der Waals surface area contributed by atoms with Gasteiger partial charge in [0, 0.05) is 14.2 Å². The maximum atomic E-state index is 10.4. The van der Waals surface area contributed by atoms with E-state index in [2.05, 4.69) is 67.7 Å². The molecular formula is C20H44O6Si2. The van der Waals surface area contributed by atoms with Gasteiger partial charge in [0.15, 0.2) is 22.9 Å². The summed E-state index contributed by atoms with van der Waals surface area (Å²) in [5.41, 5.74) is 0. The van der Waals surface area contributed by atoms with Crippen molar-refractivity contribution >= 4 is 16.6 Å². The molecule has 1 fully saturated rings. The first-order valence-electron chi connectivity index (χ1n) is 10.2. The first-order chi connectivity index (χ1) is 12.5. The third kappa shape index (κ3) is 5.88. The van der Waals surface area contributed by atoms with E-state index >= 15 is 0 Å². The number of methoxy groups -OCH3 is 2. The molecule has 0 radical (unpaired) electrons. The zero-order valence-electron chi connectivity index (χ0n) is 20.1. The molecule has 1 saturated heterocycles. The summed E-state index contributed by atoms with van der Waals surface area (Å²) in [5, 5.41) is 10.6. The summed E-state index contributed by atoms with van der Waals surface area (Å²) < 4.78 is 30.2. The van der Waals surface area contributed by atoms with E-state index in [1.807, 2.05) is 0 Å². The lowest BCUT2D eigenvalue weighted by atomic mass is 10.1. The monoisotopic (exact) mass is 436 g/mol. The highest BCUT2D eigenvalue weighted by Crippen LogP contribution is 2.41. The number of hydrogen-bond acceptors (Lipinski definition) is 6. The van der Waals surface area contributed by atoms with Gasteiger partial charge in [-0.15, -0.1) is 0 Å². The minimum absolute atomic E-state index is 0.0313. The maximum absolute atomic E-state index is 10.4. The molecule has 1 rings (SSSR count). The predicted molar refractivity (Wildman–Crippen MR) is 118 cm³/mol. The normalized spacial score (nSPS) is 28.6. The van der Waals surface area contributed by atoms with Crippen molar-refractivity contribution in [3.63, 3.8) is 0 Å². The second-order valence-corrected chi connectivity index (χ2v) is 20.4. The second-order valence-electron chi connectivity index (χ2n) is 10.9. The fraction of sp³-hybridized carbons (Fsp3) is 1.00. The Morgan fingerprint density at radius 1 is 0.893 bits per heavy atom. The first kappa shape index (κ1) is 26.2. The average Bonchev–Trinajstić information content (AvgIpc) is 2.80. The van der Waals surface area contributed by atoms with Crippen molar-refractivity contribution in [3.8, 4) is 0 Å². The smallest absolute Gasteiger partial charge is 0.192 e. The second kappa shape index (κ2) is 9.13. The first-order valence-corrected chi connectivity index (χ1v) is 16.0. The van der Waals surface area contributed by atoms with Crippen LogP contribution in [0.3, 0.4) is 0 Å². The highest BCUT2D eigenvalue weighted by Gasteiger charge is 2.53. The Balaban J connectivity index is 3.05. The molecule has 0 aromatic carbocycles. The number of aliphatic hydroxyl groups is 1. The fourth-order valence-corrected chi connectivity index (χ4v) is 4.99. The summed E-state index contributed by atoms with van der Waals surface area (Å²) in [7, 11) is -0.813. The van der Waals surface area contributed by atoms with Crippen molar-refractivity contribution in [2.75, 3.05) is 20.8 Å². The van der Waals surface area contributed by atoms with E-state index in [0.29, 0.717) is 6.61 Å². The highest BCUT2D eigenvalue weighted by atomic mass is 28.4. The molecule has 1 aliphatic rings. The van der Waals surface area contributed by atoms with Crippen LogP contribution in [-0.2, 0) is 23.1 Å². The fourth-order valence-electron chi connectivity index (χ4n) is 2.67.